The molecule has 0 N–H and O–H groups in total. The number of hydrogen-bond acceptors (Lipinski definition) is 3. The maximum Gasteiger partial charge on any atom is 0.314 e. The van der Waals surface area contributed by atoms with Crippen LogP contribution in [-0.4, -0.2) is 5.97 Å². The number of benzene rings is 1. The van der Waals surface area contributed by atoms with Crippen LogP contribution in [0.2, 0.25) is 0 Å². The van der Waals surface area contributed by atoms with Gasteiger partial charge in [-0.2, -0.15) is 0 Å². The van der Waals surface area contributed by atoms with E-state index in [2.05, 4.69) is 19.6 Å². The summed E-state index contributed by atoms with van der Waals surface area (Å²) < 4.78 is 5.47. The molecule has 0 amide bonds. The molecule has 0 spiro atoms. The first kappa shape index (κ1) is 16.4. The molecule has 1 aliphatic carbocycles. The summed E-state index contributed by atoms with van der Waals surface area (Å²) in [5.41, 5.74) is 0. The topological polar surface area (TPSA) is 26.3 Å². The molecule has 1 fully saturated rings. The lowest BCUT2D eigenvalue weighted by Gasteiger charge is -2.27. The van der Waals surface area contributed by atoms with Crippen molar-refractivity contribution in [3.8, 4) is 5.75 Å². The minimum Gasteiger partial charge on any atom is -0.426 e. The number of ether oxygens (including phenoxy) is 1. The predicted octanol–water partition coefficient (Wildman–Crippen LogP) is 5.27. The molecule has 116 valence electrons. The summed E-state index contributed by atoms with van der Waals surface area (Å²) in [4.78, 5) is 13.1. The fraction of sp³-hybridized carbons (Fsp3) is 0.611. The SMILES string of the molecule is CCCCCC1CCC(C(=O)Oc2ccc(S)cc2)CC1. The third kappa shape index (κ3) is 5.39. The molecule has 2 nitrogen and oxygen atoms in total. The van der Waals surface area contributed by atoms with E-state index < -0.39 is 0 Å². The Morgan fingerprint density at radius 1 is 1.14 bits per heavy atom. The van der Waals surface area contributed by atoms with Gasteiger partial charge < -0.3 is 4.74 Å². The first-order chi connectivity index (χ1) is 10.2. The quantitative estimate of drug-likeness (QED) is 0.335. The van der Waals surface area contributed by atoms with Gasteiger partial charge >= 0.3 is 5.97 Å². The van der Waals surface area contributed by atoms with Crippen molar-refractivity contribution >= 4 is 18.6 Å². The molecule has 3 heteroatoms. The molecule has 0 atom stereocenters. The van der Waals surface area contributed by atoms with E-state index in [1.807, 2.05) is 12.1 Å². The van der Waals surface area contributed by atoms with Crippen LogP contribution in [0.25, 0.3) is 0 Å². The van der Waals surface area contributed by atoms with Crippen LogP contribution in [0.3, 0.4) is 0 Å². The molecule has 0 bridgehead atoms. The molecule has 1 saturated carbocycles. The number of hydrogen-bond donors (Lipinski definition) is 1. The van der Waals surface area contributed by atoms with Crippen molar-refractivity contribution in [1.82, 2.24) is 0 Å². The van der Waals surface area contributed by atoms with E-state index >= 15 is 0 Å². The zero-order chi connectivity index (χ0) is 15.1. The maximum absolute atomic E-state index is 12.2. The van der Waals surface area contributed by atoms with Crippen molar-refractivity contribution < 1.29 is 9.53 Å². The van der Waals surface area contributed by atoms with E-state index in [4.69, 9.17) is 4.74 Å². The van der Waals surface area contributed by atoms with Crippen molar-refractivity contribution in [2.75, 3.05) is 0 Å². The van der Waals surface area contributed by atoms with E-state index in [9.17, 15) is 4.79 Å². The average Bonchev–Trinajstić information content (AvgIpc) is 2.50. The van der Waals surface area contributed by atoms with Crippen LogP contribution in [0, 0.1) is 11.8 Å². The van der Waals surface area contributed by atoms with Gasteiger partial charge in [-0.05, 0) is 55.9 Å². The van der Waals surface area contributed by atoms with E-state index in [0.29, 0.717) is 5.75 Å². The summed E-state index contributed by atoms with van der Waals surface area (Å²) in [6.45, 7) is 2.24. The fourth-order valence-corrected chi connectivity index (χ4v) is 3.23. The van der Waals surface area contributed by atoms with Crippen molar-refractivity contribution in [3.63, 3.8) is 0 Å². The van der Waals surface area contributed by atoms with Crippen LogP contribution in [0.4, 0.5) is 0 Å². The van der Waals surface area contributed by atoms with Gasteiger partial charge in [0.25, 0.3) is 0 Å². The molecular weight excluding hydrogens is 280 g/mol. The highest BCUT2D eigenvalue weighted by Gasteiger charge is 2.27. The highest BCUT2D eigenvalue weighted by atomic mass is 32.1. The number of carbonyl (C=O) groups is 1. The summed E-state index contributed by atoms with van der Waals surface area (Å²) in [6.07, 6.45) is 9.62. The normalized spacial score (nSPS) is 22.0. The molecule has 0 saturated heterocycles. The Morgan fingerprint density at radius 3 is 2.43 bits per heavy atom. The molecular formula is C18H26O2S. The zero-order valence-corrected chi connectivity index (χ0v) is 13.8. The van der Waals surface area contributed by atoms with E-state index in [-0.39, 0.29) is 11.9 Å². The van der Waals surface area contributed by atoms with Gasteiger partial charge in [-0.15, -0.1) is 12.6 Å². The van der Waals surface area contributed by atoms with Crippen molar-refractivity contribution in [1.29, 1.82) is 0 Å². The second kappa shape index (κ2) is 8.47. The van der Waals surface area contributed by atoms with E-state index in [1.165, 1.54) is 38.5 Å². The van der Waals surface area contributed by atoms with Crippen LogP contribution in [-0.2, 0) is 4.79 Å². The fourth-order valence-electron chi connectivity index (χ4n) is 3.08. The minimum absolute atomic E-state index is 0.0612. The largest absolute Gasteiger partial charge is 0.426 e. The van der Waals surface area contributed by atoms with Crippen LogP contribution in [0.1, 0.15) is 58.3 Å². The first-order valence-corrected chi connectivity index (χ1v) is 8.64. The molecule has 0 heterocycles. The van der Waals surface area contributed by atoms with Gasteiger partial charge in [0.15, 0.2) is 0 Å². The Hall–Kier alpha value is -0.960. The minimum atomic E-state index is -0.0612. The number of esters is 1. The van der Waals surface area contributed by atoms with E-state index in [0.717, 1.165) is 23.7 Å². The Labute approximate surface area is 133 Å². The van der Waals surface area contributed by atoms with Crippen molar-refractivity contribution in [2.24, 2.45) is 11.8 Å². The summed E-state index contributed by atoms with van der Waals surface area (Å²) in [6, 6.07) is 7.29. The van der Waals surface area contributed by atoms with Crippen LogP contribution in [0.5, 0.6) is 5.75 Å². The predicted molar refractivity (Wildman–Crippen MR) is 88.9 cm³/mol. The Bertz CT molecular complexity index is 433. The molecule has 0 aromatic heterocycles. The first-order valence-electron chi connectivity index (χ1n) is 8.19. The summed E-state index contributed by atoms with van der Waals surface area (Å²) in [5.74, 6) is 1.48. The third-order valence-corrected chi connectivity index (χ3v) is 4.75. The number of rotatable bonds is 6. The van der Waals surface area contributed by atoms with Crippen molar-refractivity contribution in [3.05, 3.63) is 24.3 Å². The maximum atomic E-state index is 12.2. The zero-order valence-electron chi connectivity index (χ0n) is 12.9. The van der Waals surface area contributed by atoms with Gasteiger partial charge in [-0.3, -0.25) is 4.79 Å². The molecule has 2 rings (SSSR count). The van der Waals surface area contributed by atoms with Crippen LogP contribution in [0.15, 0.2) is 29.2 Å². The number of carbonyl (C=O) groups excluding carboxylic acids is 1. The van der Waals surface area contributed by atoms with Gasteiger partial charge in [-0.25, -0.2) is 0 Å². The monoisotopic (exact) mass is 306 g/mol. The van der Waals surface area contributed by atoms with Gasteiger partial charge in [0.2, 0.25) is 0 Å². The molecule has 1 aromatic rings. The smallest absolute Gasteiger partial charge is 0.314 e. The lowest BCUT2D eigenvalue weighted by atomic mass is 9.80. The third-order valence-electron chi connectivity index (χ3n) is 4.45. The lowest BCUT2D eigenvalue weighted by molar-refractivity contribution is -0.140. The van der Waals surface area contributed by atoms with Crippen LogP contribution >= 0.6 is 12.6 Å². The summed E-state index contributed by atoms with van der Waals surface area (Å²) in [5, 5.41) is 0. The van der Waals surface area contributed by atoms with Gasteiger partial charge in [0.05, 0.1) is 5.92 Å². The second-order valence-electron chi connectivity index (χ2n) is 6.13. The summed E-state index contributed by atoms with van der Waals surface area (Å²) in [7, 11) is 0. The molecule has 0 aliphatic heterocycles. The molecule has 1 aromatic carbocycles. The van der Waals surface area contributed by atoms with Gasteiger partial charge in [0, 0.05) is 4.90 Å². The molecule has 0 unspecified atom stereocenters. The Balaban J connectivity index is 1.74. The van der Waals surface area contributed by atoms with E-state index in [1.54, 1.807) is 12.1 Å². The Morgan fingerprint density at radius 2 is 1.81 bits per heavy atom. The molecule has 0 radical (unpaired) electrons. The second-order valence-corrected chi connectivity index (χ2v) is 6.64. The molecule has 21 heavy (non-hydrogen) atoms. The van der Waals surface area contributed by atoms with Crippen LogP contribution < -0.4 is 4.74 Å². The summed E-state index contributed by atoms with van der Waals surface area (Å²) >= 11 is 4.23. The standard InChI is InChI=1S/C18H26O2S/c1-2-3-4-5-14-6-8-15(9-7-14)18(19)20-16-10-12-17(21)13-11-16/h10-15,21H,2-9H2,1H3. The molecule has 1 aliphatic rings. The Kier molecular flexibility index (Phi) is 6.62. The van der Waals surface area contributed by atoms with Gasteiger partial charge in [0.1, 0.15) is 5.75 Å². The number of thiol groups is 1. The number of unbranched alkanes of at least 4 members (excludes halogenated alkanes) is 2. The average molecular weight is 306 g/mol. The van der Waals surface area contributed by atoms with Crippen molar-refractivity contribution in [2.45, 2.75) is 63.2 Å². The highest BCUT2D eigenvalue weighted by Crippen LogP contribution is 2.33. The lowest BCUT2D eigenvalue weighted by Crippen LogP contribution is -2.25. The van der Waals surface area contributed by atoms with Gasteiger partial charge in [-0.1, -0.05) is 32.6 Å². The highest BCUT2D eigenvalue weighted by molar-refractivity contribution is 7.80.